The van der Waals surface area contributed by atoms with Gasteiger partial charge in [-0.2, -0.15) is 5.26 Å². The third-order valence-electron chi connectivity index (χ3n) is 2.29. The Labute approximate surface area is 108 Å². The van der Waals surface area contributed by atoms with E-state index in [9.17, 15) is 0 Å². The molecule has 17 heavy (non-hydrogen) atoms. The van der Waals surface area contributed by atoms with Crippen molar-refractivity contribution in [1.29, 1.82) is 5.26 Å². The second-order valence-electron chi connectivity index (χ2n) is 3.55. The zero-order chi connectivity index (χ0) is 12.3. The Morgan fingerprint density at radius 2 is 1.88 bits per heavy atom. The molecule has 0 atom stereocenters. The number of nitriles is 1. The lowest BCUT2D eigenvalue weighted by atomic mass is 10.2. The van der Waals surface area contributed by atoms with Crippen molar-refractivity contribution in [3.8, 4) is 6.07 Å². The van der Waals surface area contributed by atoms with Gasteiger partial charge in [0.15, 0.2) is 0 Å². The highest BCUT2D eigenvalue weighted by Crippen LogP contribution is 2.23. The molecule has 0 saturated carbocycles. The van der Waals surface area contributed by atoms with E-state index in [1.807, 2.05) is 36.4 Å². The maximum atomic E-state index is 8.78. The highest BCUT2D eigenvalue weighted by molar-refractivity contribution is 9.10. The Morgan fingerprint density at radius 3 is 2.53 bits per heavy atom. The van der Waals surface area contributed by atoms with Crippen LogP contribution in [0.4, 0.5) is 17.1 Å². The number of hydrogen-bond acceptors (Lipinski definition) is 3. The topological polar surface area (TPSA) is 61.8 Å². The van der Waals surface area contributed by atoms with Crippen LogP contribution in [0.5, 0.6) is 0 Å². The number of halogens is 1. The molecule has 0 amide bonds. The number of rotatable bonds is 2. The van der Waals surface area contributed by atoms with Gasteiger partial charge in [0.1, 0.15) is 6.07 Å². The first-order chi connectivity index (χ1) is 8.19. The fourth-order valence-electron chi connectivity index (χ4n) is 1.48. The number of anilines is 3. The molecule has 0 heterocycles. The molecule has 0 saturated heterocycles. The van der Waals surface area contributed by atoms with E-state index in [1.54, 1.807) is 12.1 Å². The Bertz CT molecular complexity index is 587. The molecule has 0 spiro atoms. The minimum Gasteiger partial charge on any atom is -0.398 e. The molecule has 0 aliphatic carbocycles. The van der Waals surface area contributed by atoms with Gasteiger partial charge in [-0.1, -0.05) is 22.0 Å². The normalized spacial score (nSPS) is 9.65. The predicted octanol–water partition coefficient (Wildman–Crippen LogP) is 3.65. The van der Waals surface area contributed by atoms with Gasteiger partial charge in [0.05, 0.1) is 11.3 Å². The van der Waals surface area contributed by atoms with Crippen molar-refractivity contribution < 1.29 is 0 Å². The predicted molar refractivity (Wildman–Crippen MR) is 73.0 cm³/mol. The van der Waals surface area contributed by atoms with Gasteiger partial charge in [-0.3, -0.25) is 0 Å². The van der Waals surface area contributed by atoms with Crippen LogP contribution >= 0.6 is 15.9 Å². The van der Waals surface area contributed by atoms with Crippen LogP contribution in [0.3, 0.4) is 0 Å². The molecule has 3 nitrogen and oxygen atoms in total. The molecule has 2 aromatic rings. The van der Waals surface area contributed by atoms with Gasteiger partial charge in [0.2, 0.25) is 0 Å². The average Bonchev–Trinajstić information content (AvgIpc) is 2.29. The molecule has 4 heteroatoms. The van der Waals surface area contributed by atoms with E-state index < -0.39 is 0 Å². The number of nitrogens with one attached hydrogen (secondary N) is 1. The van der Waals surface area contributed by atoms with Crippen molar-refractivity contribution in [1.82, 2.24) is 0 Å². The number of nitrogens with two attached hydrogens (primary N) is 1. The van der Waals surface area contributed by atoms with E-state index in [1.165, 1.54) is 0 Å². The van der Waals surface area contributed by atoms with Gasteiger partial charge < -0.3 is 11.1 Å². The summed E-state index contributed by atoms with van der Waals surface area (Å²) in [6.07, 6.45) is 0. The maximum Gasteiger partial charge on any atom is 0.101 e. The summed E-state index contributed by atoms with van der Waals surface area (Å²) >= 11 is 3.41. The molecule has 0 fully saturated rings. The Morgan fingerprint density at radius 1 is 1.12 bits per heavy atom. The first-order valence-corrected chi connectivity index (χ1v) is 5.80. The monoisotopic (exact) mass is 287 g/mol. The third kappa shape index (κ3) is 2.77. The van der Waals surface area contributed by atoms with E-state index >= 15 is 0 Å². The lowest BCUT2D eigenvalue weighted by Crippen LogP contribution is -1.94. The van der Waals surface area contributed by atoms with Crippen LogP contribution in [0.25, 0.3) is 0 Å². The van der Waals surface area contributed by atoms with E-state index in [0.717, 1.165) is 15.8 Å². The number of nitrogens with zero attached hydrogens (tertiary/aromatic N) is 1. The fourth-order valence-corrected chi connectivity index (χ4v) is 1.87. The molecule has 0 bridgehead atoms. The second kappa shape index (κ2) is 4.89. The summed E-state index contributed by atoms with van der Waals surface area (Å²) in [4.78, 5) is 0. The summed E-state index contributed by atoms with van der Waals surface area (Å²) in [5.74, 6) is 0. The molecule has 2 rings (SSSR count). The van der Waals surface area contributed by atoms with Crippen molar-refractivity contribution in [2.75, 3.05) is 11.1 Å². The molecule has 0 aliphatic heterocycles. The minimum absolute atomic E-state index is 0.479. The van der Waals surface area contributed by atoms with Crippen LogP contribution in [0.2, 0.25) is 0 Å². The molecular weight excluding hydrogens is 278 g/mol. The Hall–Kier alpha value is -1.99. The third-order valence-corrected chi connectivity index (χ3v) is 2.78. The molecule has 2 aromatic carbocycles. The molecule has 0 unspecified atom stereocenters. The summed E-state index contributed by atoms with van der Waals surface area (Å²) in [6, 6.07) is 15.1. The van der Waals surface area contributed by atoms with Gasteiger partial charge in [0.25, 0.3) is 0 Å². The van der Waals surface area contributed by atoms with Crippen molar-refractivity contribution >= 4 is 33.0 Å². The van der Waals surface area contributed by atoms with Crippen LogP contribution < -0.4 is 11.1 Å². The lowest BCUT2D eigenvalue weighted by Gasteiger charge is -2.08. The molecular formula is C13H10BrN3. The first kappa shape index (κ1) is 11.5. The van der Waals surface area contributed by atoms with Crippen LogP contribution in [0.15, 0.2) is 46.9 Å². The summed E-state index contributed by atoms with van der Waals surface area (Å²) in [5.41, 5.74) is 8.54. The van der Waals surface area contributed by atoms with Crippen LogP contribution in [0.1, 0.15) is 5.56 Å². The summed E-state index contributed by atoms with van der Waals surface area (Å²) in [6.45, 7) is 0. The number of hydrogen-bond donors (Lipinski definition) is 2. The molecule has 84 valence electrons. The summed E-state index contributed by atoms with van der Waals surface area (Å²) in [7, 11) is 0. The Balaban J connectivity index is 2.25. The number of benzene rings is 2. The van der Waals surface area contributed by atoms with Crippen LogP contribution in [-0.4, -0.2) is 0 Å². The van der Waals surface area contributed by atoms with E-state index in [0.29, 0.717) is 11.3 Å². The maximum absolute atomic E-state index is 8.78. The van der Waals surface area contributed by atoms with Crippen molar-refractivity contribution in [2.45, 2.75) is 0 Å². The van der Waals surface area contributed by atoms with Gasteiger partial charge in [-0.05, 0) is 36.4 Å². The number of nitrogen functional groups attached to an aromatic ring is 1. The second-order valence-corrected chi connectivity index (χ2v) is 4.46. The highest BCUT2D eigenvalue weighted by atomic mass is 79.9. The van der Waals surface area contributed by atoms with Gasteiger partial charge in [0, 0.05) is 15.8 Å². The molecule has 0 aliphatic rings. The highest BCUT2D eigenvalue weighted by Gasteiger charge is 2.00. The molecule has 3 N–H and O–H groups in total. The zero-order valence-electron chi connectivity index (χ0n) is 8.94. The van der Waals surface area contributed by atoms with Crippen molar-refractivity contribution in [2.24, 2.45) is 0 Å². The zero-order valence-corrected chi connectivity index (χ0v) is 10.5. The minimum atomic E-state index is 0.479. The van der Waals surface area contributed by atoms with Crippen LogP contribution in [-0.2, 0) is 0 Å². The van der Waals surface area contributed by atoms with E-state index in [2.05, 4.69) is 21.2 Å². The largest absolute Gasteiger partial charge is 0.398 e. The van der Waals surface area contributed by atoms with Crippen molar-refractivity contribution in [3.05, 3.63) is 52.5 Å². The van der Waals surface area contributed by atoms with Gasteiger partial charge in [-0.15, -0.1) is 0 Å². The summed E-state index contributed by atoms with van der Waals surface area (Å²) < 4.78 is 1.00. The SMILES string of the molecule is N#Cc1ccc(Nc2cccc(Br)c2)cc1N. The van der Waals surface area contributed by atoms with E-state index in [4.69, 9.17) is 11.0 Å². The van der Waals surface area contributed by atoms with E-state index in [-0.39, 0.29) is 0 Å². The standard InChI is InChI=1S/C13H10BrN3/c14-10-2-1-3-11(6-10)17-12-5-4-9(8-15)13(16)7-12/h1-7,17H,16H2. The van der Waals surface area contributed by atoms with Gasteiger partial charge >= 0.3 is 0 Å². The fraction of sp³-hybridized carbons (Fsp3) is 0. The summed E-state index contributed by atoms with van der Waals surface area (Å²) in [5, 5.41) is 12.0. The van der Waals surface area contributed by atoms with Gasteiger partial charge in [-0.25, -0.2) is 0 Å². The van der Waals surface area contributed by atoms with Crippen molar-refractivity contribution in [3.63, 3.8) is 0 Å². The quantitative estimate of drug-likeness (QED) is 0.829. The lowest BCUT2D eigenvalue weighted by molar-refractivity contribution is 1.47. The first-order valence-electron chi connectivity index (χ1n) is 5.01. The smallest absolute Gasteiger partial charge is 0.101 e. The average molecular weight is 288 g/mol. The Kier molecular flexibility index (Phi) is 3.31. The van der Waals surface area contributed by atoms with Crippen LogP contribution in [0, 0.1) is 11.3 Å². The molecule has 0 radical (unpaired) electrons. The molecule has 0 aromatic heterocycles.